The fourth-order valence-corrected chi connectivity index (χ4v) is 2.38. The van der Waals surface area contributed by atoms with Crippen molar-refractivity contribution in [2.24, 2.45) is 0 Å². The number of carbonyl (C=O) groups is 2. The molecule has 5 nitrogen and oxygen atoms in total. The Balaban J connectivity index is 2.00. The lowest BCUT2D eigenvalue weighted by Crippen LogP contribution is -2.31. The molecule has 2 aromatic carbocycles. The summed E-state index contributed by atoms with van der Waals surface area (Å²) >= 11 is 6.06. The average molecular weight is 360 g/mol. The maximum atomic E-state index is 12.3. The molecule has 25 heavy (non-hydrogen) atoms. The van der Waals surface area contributed by atoms with Crippen molar-refractivity contribution in [3.63, 3.8) is 0 Å². The van der Waals surface area contributed by atoms with Crippen molar-refractivity contribution < 1.29 is 9.59 Å². The van der Waals surface area contributed by atoms with Gasteiger partial charge in [-0.05, 0) is 63.0 Å². The van der Waals surface area contributed by atoms with E-state index in [1.807, 2.05) is 25.9 Å². The Morgan fingerprint density at radius 2 is 1.60 bits per heavy atom. The van der Waals surface area contributed by atoms with Crippen molar-refractivity contribution in [3.8, 4) is 0 Å². The molecule has 0 aliphatic rings. The number of amides is 2. The minimum Gasteiger partial charge on any atom is -0.351 e. The molecule has 2 N–H and O–H groups in total. The number of nitrogens with one attached hydrogen (secondary N) is 2. The summed E-state index contributed by atoms with van der Waals surface area (Å²) in [6.07, 6.45) is 0. The number of nitrogens with zero attached hydrogens (tertiary/aromatic N) is 1. The Hall–Kier alpha value is -2.37. The number of rotatable bonds is 6. The molecule has 0 aromatic heterocycles. The molecule has 0 unspecified atom stereocenters. The Bertz CT molecular complexity index is 758. The van der Waals surface area contributed by atoms with Crippen molar-refractivity contribution in [1.82, 2.24) is 10.2 Å². The van der Waals surface area contributed by atoms with Crippen LogP contribution in [0.1, 0.15) is 26.3 Å². The molecule has 2 aromatic rings. The van der Waals surface area contributed by atoms with Crippen molar-refractivity contribution in [3.05, 3.63) is 64.2 Å². The van der Waals surface area contributed by atoms with Crippen molar-refractivity contribution in [1.29, 1.82) is 0 Å². The fourth-order valence-electron chi connectivity index (χ4n) is 2.21. The highest BCUT2D eigenvalue weighted by atomic mass is 35.5. The van der Waals surface area contributed by atoms with Gasteiger partial charge in [-0.15, -0.1) is 0 Å². The van der Waals surface area contributed by atoms with Gasteiger partial charge in [0.2, 0.25) is 0 Å². The Labute approximate surface area is 153 Å². The van der Waals surface area contributed by atoms with Crippen molar-refractivity contribution >= 4 is 29.1 Å². The quantitative estimate of drug-likeness (QED) is 0.832. The second kappa shape index (κ2) is 8.65. The molecule has 0 saturated carbocycles. The van der Waals surface area contributed by atoms with Gasteiger partial charge in [-0.3, -0.25) is 9.59 Å². The smallest absolute Gasteiger partial charge is 0.255 e. The van der Waals surface area contributed by atoms with Crippen LogP contribution >= 0.6 is 11.6 Å². The zero-order valence-electron chi connectivity index (χ0n) is 14.6. The summed E-state index contributed by atoms with van der Waals surface area (Å²) in [5, 5.41) is 6.27. The molecule has 2 amide bonds. The lowest BCUT2D eigenvalue weighted by Gasteiger charge is -2.11. The Kier molecular flexibility index (Phi) is 6.56. The molecule has 6 heteroatoms. The van der Waals surface area contributed by atoms with Gasteiger partial charge >= 0.3 is 0 Å². The van der Waals surface area contributed by atoms with Gasteiger partial charge in [0.25, 0.3) is 11.8 Å². The second-order valence-electron chi connectivity index (χ2n) is 6.00. The number of likely N-dealkylation sites (N-methyl/N-ethyl adjacent to an activating group) is 1. The Morgan fingerprint density at radius 1 is 1.00 bits per heavy atom. The van der Waals surface area contributed by atoms with Gasteiger partial charge < -0.3 is 15.5 Å². The summed E-state index contributed by atoms with van der Waals surface area (Å²) < 4.78 is 0. The monoisotopic (exact) mass is 359 g/mol. The number of benzene rings is 2. The van der Waals surface area contributed by atoms with E-state index in [1.54, 1.807) is 42.5 Å². The molecule has 0 heterocycles. The van der Waals surface area contributed by atoms with Gasteiger partial charge in [0.15, 0.2) is 0 Å². The van der Waals surface area contributed by atoms with Crippen LogP contribution in [-0.2, 0) is 0 Å². The summed E-state index contributed by atoms with van der Waals surface area (Å²) in [6.45, 7) is 3.19. The first kappa shape index (κ1) is 19.0. The van der Waals surface area contributed by atoms with E-state index in [4.69, 9.17) is 11.6 Å². The first-order valence-corrected chi connectivity index (χ1v) is 8.35. The predicted octanol–water partition coefficient (Wildman–Crippen LogP) is 3.19. The highest BCUT2D eigenvalue weighted by Crippen LogP contribution is 2.23. The predicted molar refractivity (Wildman–Crippen MR) is 101 cm³/mol. The van der Waals surface area contributed by atoms with Crippen LogP contribution in [0.5, 0.6) is 0 Å². The van der Waals surface area contributed by atoms with Crippen LogP contribution in [0.2, 0.25) is 5.02 Å². The molecule has 0 atom stereocenters. The molecule has 2 rings (SSSR count). The summed E-state index contributed by atoms with van der Waals surface area (Å²) in [6, 6.07) is 11.9. The van der Waals surface area contributed by atoms with Crippen LogP contribution < -0.4 is 10.6 Å². The third-order valence-electron chi connectivity index (χ3n) is 3.77. The number of anilines is 1. The van der Waals surface area contributed by atoms with Crippen LogP contribution in [0.3, 0.4) is 0 Å². The Morgan fingerprint density at radius 3 is 2.20 bits per heavy atom. The molecule has 0 radical (unpaired) electrons. The zero-order valence-corrected chi connectivity index (χ0v) is 15.4. The standard InChI is InChI=1S/C19H22ClN3O2/c1-13-16(20)5-4-6-17(13)22-19(25)15-9-7-14(8-10-15)18(24)21-11-12-23(2)3/h4-10H,11-12H2,1-3H3,(H,21,24)(H,22,25). The molecule has 0 saturated heterocycles. The van der Waals surface area contributed by atoms with E-state index in [0.717, 1.165) is 12.1 Å². The maximum absolute atomic E-state index is 12.3. The lowest BCUT2D eigenvalue weighted by molar-refractivity contribution is 0.0949. The van der Waals surface area contributed by atoms with Crippen molar-refractivity contribution in [2.75, 3.05) is 32.5 Å². The van der Waals surface area contributed by atoms with Gasteiger partial charge in [0.05, 0.1) is 0 Å². The highest BCUT2D eigenvalue weighted by molar-refractivity contribution is 6.31. The van der Waals surface area contributed by atoms with Crippen LogP contribution in [0.25, 0.3) is 0 Å². The number of carbonyl (C=O) groups excluding carboxylic acids is 2. The first-order valence-electron chi connectivity index (χ1n) is 7.98. The molecule has 0 aliphatic carbocycles. The van der Waals surface area contributed by atoms with E-state index in [2.05, 4.69) is 10.6 Å². The lowest BCUT2D eigenvalue weighted by atomic mass is 10.1. The van der Waals surface area contributed by atoms with E-state index in [-0.39, 0.29) is 11.8 Å². The summed E-state index contributed by atoms with van der Waals surface area (Å²) in [4.78, 5) is 26.4. The molecular formula is C19H22ClN3O2. The second-order valence-corrected chi connectivity index (χ2v) is 6.41. The molecule has 0 bridgehead atoms. The summed E-state index contributed by atoms with van der Waals surface area (Å²) in [7, 11) is 3.89. The average Bonchev–Trinajstić information content (AvgIpc) is 2.58. The SMILES string of the molecule is Cc1c(Cl)cccc1NC(=O)c1ccc(C(=O)NCCN(C)C)cc1. The molecular weight excluding hydrogens is 338 g/mol. The van der Waals surface area contributed by atoms with Gasteiger partial charge in [-0.2, -0.15) is 0 Å². The van der Waals surface area contributed by atoms with Crippen LogP contribution in [0.4, 0.5) is 5.69 Å². The van der Waals surface area contributed by atoms with Crippen molar-refractivity contribution in [2.45, 2.75) is 6.92 Å². The number of halogens is 1. The zero-order chi connectivity index (χ0) is 18.4. The topological polar surface area (TPSA) is 61.4 Å². The van der Waals surface area contributed by atoms with E-state index >= 15 is 0 Å². The molecule has 0 fully saturated rings. The molecule has 0 aliphatic heterocycles. The summed E-state index contributed by atoms with van der Waals surface area (Å²) in [5.41, 5.74) is 2.48. The van der Waals surface area contributed by atoms with E-state index in [1.165, 1.54) is 0 Å². The highest BCUT2D eigenvalue weighted by Gasteiger charge is 2.11. The van der Waals surface area contributed by atoms with Gasteiger partial charge in [-0.1, -0.05) is 17.7 Å². The van der Waals surface area contributed by atoms with Gasteiger partial charge in [0.1, 0.15) is 0 Å². The normalized spacial score (nSPS) is 10.6. The fraction of sp³-hybridized carbons (Fsp3) is 0.263. The van der Waals surface area contributed by atoms with Gasteiger partial charge in [0, 0.05) is 34.9 Å². The third kappa shape index (κ3) is 5.31. The number of hydrogen-bond donors (Lipinski definition) is 2. The van der Waals surface area contributed by atoms with E-state index in [9.17, 15) is 9.59 Å². The third-order valence-corrected chi connectivity index (χ3v) is 4.18. The van der Waals surface area contributed by atoms with Crippen LogP contribution in [0.15, 0.2) is 42.5 Å². The minimum absolute atomic E-state index is 0.153. The maximum Gasteiger partial charge on any atom is 0.255 e. The molecule has 0 spiro atoms. The number of hydrogen-bond acceptors (Lipinski definition) is 3. The van der Waals surface area contributed by atoms with E-state index in [0.29, 0.717) is 28.4 Å². The van der Waals surface area contributed by atoms with Crippen LogP contribution in [-0.4, -0.2) is 43.9 Å². The van der Waals surface area contributed by atoms with E-state index < -0.39 is 0 Å². The largest absolute Gasteiger partial charge is 0.351 e. The minimum atomic E-state index is -0.245. The van der Waals surface area contributed by atoms with Crippen LogP contribution in [0, 0.1) is 6.92 Å². The first-order chi connectivity index (χ1) is 11.9. The molecule has 132 valence electrons. The van der Waals surface area contributed by atoms with Gasteiger partial charge in [-0.25, -0.2) is 0 Å². The summed E-state index contributed by atoms with van der Waals surface area (Å²) in [5.74, 6) is -0.399.